The molecule has 0 radical (unpaired) electrons. The second kappa shape index (κ2) is 9.36. The van der Waals surface area contributed by atoms with Crippen molar-refractivity contribution >= 4 is 29.1 Å². The van der Waals surface area contributed by atoms with E-state index in [1.165, 1.54) is 36.1 Å². The Labute approximate surface area is 183 Å². The molecule has 1 N–H and O–H groups in total. The van der Waals surface area contributed by atoms with E-state index in [9.17, 15) is 9.18 Å². The van der Waals surface area contributed by atoms with Gasteiger partial charge in [-0.15, -0.1) is 0 Å². The molecular formula is C21H20Cl2FN3O3. The lowest BCUT2D eigenvalue weighted by atomic mass is 10.2. The number of rotatable bonds is 7. The number of nitrogens with zero attached hydrogens (tertiary/aromatic N) is 2. The number of ether oxygens (including phenoxy) is 2. The van der Waals surface area contributed by atoms with Gasteiger partial charge >= 0.3 is 0 Å². The summed E-state index contributed by atoms with van der Waals surface area (Å²) >= 11 is 12.7. The summed E-state index contributed by atoms with van der Waals surface area (Å²) in [4.78, 5) is 12.8. The van der Waals surface area contributed by atoms with Crippen LogP contribution >= 0.6 is 23.2 Å². The average Bonchev–Trinajstić information content (AvgIpc) is 3.02. The van der Waals surface area contributed by atoms with Gasteiger partial charge < -0.3 is 14.8 Å². The highest BCUT2D eigenvalue weighted by Crippen LogP contribution is 2.36. The normalized spacial score (nSPS) is 10.7. The van der Waals surface area contributed by atoms with Gasteiger partial charge in [0, 0.05) is 6.54 Å². The van der Waals surface area contributed by atoms with Crippen molar-refractivity contribution in [1.29, 1.82) is 0 Å². The zero-order chi connectivity index (χ0) is 21.8. The summed E-state index contributed by atoms with van der Waals surface area (Å²) in [5.74, 6) is 0.166. The Morgan fingerprint density at radius 3 is 2.57 bits per heavy atom. The van der Waals surface area contributed by atoms with Crippen molar-refractivity contribution in [2.75, 3.05) is 13.7 Å². The monoisotopic (exact) mass is 451 g/mol. The van der Waals surface area contributed by atoms with Crippen LogP contribution in [-0.2, 0) is 6.54 Å². The number of nitrogens with one attached hydrogen (secondary N) is 1. The minimum Gasteiger partial charge on any atom is -0.493 e. The molecule has 0 aliphatic rings. The van der Waals surface area contributed by atoms with E-state index in [1.54, 1.807) is 19.1 Å². The summed E-state index contributed by atoms with van der Waals surface area (Å²) in [6.07, 6.45) is 0. The molecule has 0 unspecified atom stereocenters. The van der Waals surface area contributed by atoms with E-state index in [0.29, 0.717) is 34.5 Å². The second-order valence-electron chi connectivity index (χ2n) is 6.36. The highest BCUT2D eigenvalue weighted by atomic mass is 35.5. The Balaban J connectivity index is 1.80. The fourth-order valence-electron chi connectivity index (χ4n) is 2.94. The molecule has 0 aliphatic heterocycles. The summed E-state index contributed by atoms with van der Waals surface area (Å²) in [5.41, 5.74) is 1.97. The first-order chi connectivity index (χ1) is 14.3. The molecule has 3 rings (SSSR count). The number of benzene rings is 2. The molecule has 1 aromatic heterocycles. The van der Waals surface area contributed by atoms with Crippen LogP contribution in [-0.4, -0.2) is 29.4 Å². The van der Waals surface area contributed by atoms with Gasteiger partial charge in [-0.05, 0) is 55.8 Å². The van der Waals surface area contributed by atoms with Crippen LogP contribution in [0.4, 0.5) is 4.39 Å². The first-order valence-corrected chi connectivity index (χ1v) is 9.89. The summed E-state index contributed by atoms with van der Waals surface area (Å²) in [7, 11) is 1.52. The molecule has 158 valence electrons. The highest BCUT2D eigenvalue weighted by Gasteiger charge is 2.21. The molecule has 1 heterocycles. The molecule has 0 saturated heterocycles. The van der Waals surface area contributed by atoms with E-state index in [4.69, 9.17) is 32.7 Å². The fourth-order valence-corrected chi connectivity index (χ4v) is 3.59. The molecule has 6 nitrogen and oxygen atoms in total. The Bertz CT molecular complexity index is 1070. The largest absolute Gasteiger partial charge is 0.493 e. The number of aromatic nitrogens is 2. The lowest BCUT2D eigenvalue weighted by molar-refractivity contribution is 0.0950. The van der Waals surface area contributed by atoms with E-state index in [-0.39, 0.29) is 23.1 Å². The maximum atomic E-state index is 13.2. The number of hydrogen-bond acceptors (Lipinski definition) is 4. The van der Waals surface area contributed by atoms with Gasteiger partial charge in [0.05, 0.1) is 35.7 Å². The molecule has 0 atom stereocenters. The number of amides is 1. The van der Waals surface area contributed by atoms with Gasteiger partial charge in [0.25, 0.3) is 5.91 Å². The summed E-state index contributed by atoms with van der Waals surface area (Å²) in [5, 5.41) is 7.64. The van der Waals surface area contributed by atoms with E-state index < -0.39 is 5.91 Å². The molecule has 0 fully saturated rings. The van der Waals surface area contributed by atoms with Gasteiger partial charge in [0.15, 0.2) is 11.5 Å². The minimum atomic E-state index is -0.394. The molecular weight excluding hydrogens is 432 g/mol. The first-order valence-electron chi connectivity index (χ1n) is 9.14. The topological polar surface area (TPSA) is 65.4 Å². The van der Waals surface area contributed by atoms with E-state index >= 15 is 0 Å². The van der Waals surface area contributed by atoms with Crippen LogP contribution in [0.2, 0.25) is 10.2 Å². The number of hydrogen-bond donors (Lipinski definition) is 1. The third-order valence-electron chi connectivity index (χ3n) is 4.33. The smallest absolute Gasteiger partial charge is 0.256 e. The van der Waals surface area contributed by atoms with E-state index in [2.05, 4.69) is 10.4 Å². The van der Waals surface area contributed by atoms with Gasteiger partial charge in [-0.1, -0.05) is 23.2 Å². The SMILES string of the molecule is CCOc1c(Cl)cc(CNC(=O)c2c(C)nn(-c3ccc(F)cc3)c2Cl)cc1OC. The van der Waals surface area contributed by atoms with Crippen LogP contribution in [0, 0.1) is 12.7 Å². The number of methoxy groups -OCH3 is 1. The Hall–Kier alpha value is -2.77. The Morgan fingerprint density at radius 2 is 1.93 bits per heavy atom. The third kappa shape index (κ3) is 4.52. The number of carbonyl (C=O) groups is 1. The van der Waals surface area contributed by atoms with Gasteiger partial charge in [-0.2, -0.15) is 5.10 Å². The van der Waals surface area contributed by atoms with E-state index in [0.717, 1.165) is 5.56 Å². The third-order valence-corrected chi connectivity index (χ3v) is 4.96. The molecule has 30 heavy (non-hydrogen) atoms. The quantitative estimate of drug-likeness (QED) is 0.550. The van der Waals surface area contributed by atoms with Crippen LogP contribution < -0.4 is 14.8 Å². The molecule has 0 aliphatic carbocycles. The highest BCUT2D eigenvalue weighted by molar-refractivity contribution is 6.33. The van der Waals surface area contributed by atoms with Crippen molar-refractivity contribution in [1.82, 2.24) is 15.1 Å². The van der Waals surface area contributed by atoms with Gasteiger partial charge in [-0.25, -0.2) is 9.07 Å². The zero-order valence-electron chi connectivity index (χ0n) is 16.6. The fraction of sp³-hybridized carbons (Fsp3) is 0.238. The Kier molecular flexibility index (Phi) is 6.84. The first kappa shape index (κ1) is 21.9. The van der Waals surface area contributed by atoms with Crippen molar-refractivity contribution in [2.24, 2.45) is 0 Å². The van der Waals surface area contributed by atoms with Crippen molar-refractivity contribution in [3.63, 3.8) is 0 Å². The standard InChI is InChI=1S/C21H20Cl2FN3O3/c1-4-30-19-16(22)9-13(10-17(19)29-3)11-25-21(28)18-12(2)26-27(20(18)23)15-7-5-14(24)6-8-15/h5-10H,4,11H2,1-3H3,(H,25,28). The van der Waals surface area contributed by atoms with Crippen LogP contribution in [0.5, 0.6) is 11.5 Å². The maximum Gasteiger partial charge on any atom is 0.256 e. The van der Waals surface area contributed by atoms with Gasteiger partial charge in [-0.3, -0.25) is 4.79 Å². The molecule has 2 aromatic carbocycles. The lowest BCUT2D eigenvalue weighted by Crippen LogP contribution is -2.23. The van der Waals surface area contributed by atoms with Crippen molar-refractivity contribution < 1.29 is 18.7 Å². The predicted octanol–water partition coefficient (Wildman–Crippen LogP) is 4.96. The number of carbonyl (C=O) groups excluding carboxylic acids is 1. The molecule has 0 spiro atoms. The molecule has 0 saturated carbocycles. The Morgan fingerprint density at radius 1 is 1.23 bits per heavy atom. The molecule has 3 aromatic rings. The van der Waals surface area contributed by atoms with Crippen molar-refractivity contribution in [3.8, 4) is 17.2 Å². The average molecular weight is 452 g/mol. The van der Waals surface area contributed by atoms with Gasteiger partial charge in [0.1, 0.15) is 11.0 Å². The van der Waals surface area contributed by atoms with Crippen molar-refractivity contribution in [3.05, 3.63) is 69.2 Å². The molecule has 9 heteroatoms. The van der Waals surface area contributed by atoms with E-state index in [1.807, 2.05) is 6.92 Å². The molecule has 1 amide bonds. The second-order valence-corrected chi connectivity index (χ2v) is 7.13. The summed E-state index contributed by atoms with van der Waals surface area (Å²) in [6, 6.07) is 9.10. The summed E-state index contributed by atoms with van der Waals surface area (Å²) < 4.78 is 25.4. The molecule has 0 bridgehead atoms. The van der Waals surface area contributed by atoms with Crippen LogP contribution in [0.25, 0.3) is 5.69 Å². The van der Waals surface area contributed by atoms with Crippen LogP contribution in [0.1, 0.15) is 28.5 Å². The van der Waals surface area contributed by atoms with Crippen LogP contribution in [0.15, 0.2) is 36.4 Å². The van der Waals surface area contributed by atoms with Crippen molar-refractivity contribution in [2.45, 2.75) is 20.4 Å². The maximum absolute atomic E-state index is 13.2. The zero-order valence-corrected chi connectivity index (χ0v) is 18.1. The van der Waals surface area contributed by atoms with Crippen LogP contribution in [0.3, 0.4) is 0 Å². The lowest BCUT2D eigenvalue weighted by Gasteiger charge is -2.13. The number of halogens is 3. The predicted molar refractivity (Wildman–Crippen MR) is 114 cm³/mol. The summed E-state index contributed by atoms with van der Waals surface area (Å²) in [6.45, 7) is 4.17. The number of aryl methyl sites for hydroxylation is 1. The minimum absolute atomic E-state index is 0.138. The van der Waals surface area contributed by atoms with Gasteiger partial charge in [0.2, 0.25) is 0 Å².